The van der Waals surface area contributed by atoms with Gasteiger partial charge in [0.15, 0.2) is 0 Å². The number of carbonyl (C=O) groups is 1. The van der Waals surface area contributed by atoms with Crippen molar-refractivity contribution in [3.8, 4) is 5.75 Å². The van der Waals surface area contributed by atoms with Crippen molar-refractivity contribution < 1.29 is 14.6 Å². The van der Waals surface area contributed by atoms with Crippen LogP contribution in [0.2, 0.25) is 5.02 Å². The number of nitrogens with one attached hydrogen (secondary N) is 1. The Labute approximate surface area is 150 Å². The summed E-state index contributed by atoms with van der Waals surface area (Å²) in [6.45, 7) is 0.554. The molecule has 0 radical (unpaired) electrons. The highest BCUT2D eigenvalue weighted by Crippen LogP contribution is 2.26. The lowest BCUT2D eigenvalue weighted by molar-refractivity contribution is 0.152. The summed E-state index contributed by atoms with van der Waals surface area (Å²) < 4.78 is 5.75. The van der Waals surface area contributed by atoms with Gasteiger partial charge in [0, 0.05) is 11.4 Å². The largest absolute Gasteiger partial charge is 0.493 e. The molecular weight excluding hydrogens is 346 g/mol. The van der Waals surface area contributed by atoms with Gasteiger partial charge >= 0.3 is 0 Å². The Morgan fingerprint density at radius 2 is 1.92 bits per heavy atom. The minimum atomic E-state index is -0.783. The summed E-state index contributed by atoms with van der Waals surface area (Å²) in [6.07, 6.45) is 0.596. The van der Waals surface area contributed by atoms with Crippen LogP contribution >= 0.6 is 23.4 Å². The number of ether oxygens (including phenoxy) is 1. The van der Waals surface area contributed by atoms with Crippen LogP contribution in [0.25, 0.3) is 0 Å². The standard InChI is InChI=1S/C18H18ClNO3S/c19-15-4-2-1-3-13(15)9-10-23-14-7-5-12(6-8-14)11-16-17(21)20-18(22)24-16/h1-8,16-17,21H,9-11H2,(H,20,22). The van der Waals surface area contributed by atoms with Crippen molar-refractivity contribution in [2.75, 3.05) is 6.61 Å². The minimum Gasteiger partial charge on any atom is -0.493 e. The van der Waals surface area contributed by atoms with Crippen molar-refractivity contribution in [2.24, 2.45) is 0 Å². The second-order valence-corrected chi connectivity index (χ2v) is 7.19. The van der Waals surface area contributed by atoms with E-state index >= 15 is 0 Å². The SMILES string of the molecule is O=C1NC(O)C(Cc2ccc(OCCc3ccccc3Cl)cc2)S1. The van der Waals surface area contributed by atoms with E-state index < -0.39 is 6.23 Å². The molecule has 24 heavy (non-hydrogen) atoms. The number of rotatable bonds is 6. The molecule has 126 valence electrons. The Kier molecular flexibility index (Phi) is 5.66. The molecule has 0 bridgehead atoms. The molecule has 1 fully saturated rings. The third-order valence-corrected chi connectivity index (χ3v) is 5.26. The molecule has 0 saturated carbocycles. The van der Waals surface area contributed by atoms with Crippen LogP contribution < -0.4 is 10.1 Å². The monoisotopic (exact) mass is 363 g/mol. The number of aliphatic hydroxyl groups is 1. The first kappa shape index (κ1) is 17.1. The molecule has 1 saturated heterocycles. The first-order chi connectivity index (χ1) is 11.6. The van der Waals surface area contributed by atoms with Crippen molar-refractivity contribution in [3.63, 3.8) is 0 Å². The molecule has 2 aromatic carbocycles. The lowest BCUT2D eigenvalue weighted by Crippen LogP contribution is -2.31. The summed E-state index contributed by atoms with van der Waals surface area (Å²) in [4.78, 5) is 11.2. The van der Waals surface area contributed by atoms with E-state index in [2.05, 4.69) is 5.32 Å². The molecule has 1 heterocycles. The van der Waals surface area contributed by atoms with E-state index in [1.54, 1.807) is 0 Å². The van der Waals surface area contributed by atoms with Gasteiger partial charge in [-0.1, -0.05) is 53.7 Å². The van der Waals surface area contributed by atoms with Gasteiger partial charge in [-0.2, -0.15) is 0 Å². The minimum absolute atomic E-state index is 0.149. The van der Waals surface area contributed by atoms with Gasteiger partial charge in [0.1, 0.15) is 12.0 Å². The summed E-state index contributed by atoms with van der Waals surface area (Å²) in [5, 5.41) is 12.7. The fourth-order valence-corrected chi connectivity index (χ4v) is 3.70. The second kappa shape index (κ2) is 7.92. The molecule has 0 spiro atoms. The highest BCUT2D eigenvalue weighted by atomic mass is 35.5. The van der Waals surface area contributed by atoms with E-state index in [0.717, 1.165) is 40.1 Å². The number of amides is 1. The number of hydrogen-bond donors (Lipinski definition) is 2. The predicted molar refractivity (Wildman–Crippen MR) is 96.7 cm³/mol. The van der Waals surface area contributed by atoms with Crippen LogP contribution in [-0.2, 0) is 12.8 Å². The van der Waals surface area contributed by atoms with Crippen molar-refractivity contribution in [3.05, 3.63) is 64.7 Å². The molecule has 6 heteroatoms. The summed E-state index contributed by atoms with van der Waals surface area (Å²) in [6, 6.07) is 15.5. The van der Waals surface area contributed by atoms with Crippen LogP contribution in [-0.4, -0.2) is 28.4 Å². The van der Waals surface area contributed by atoms with E-state index in [1.165, 1.54) is 0 Å². The van der Waals surface area contributed by atoms with Crippen LogP contribution in [0.4, 0.5) is 4.79 Å². The Morgan fingerprint density at radius 3 is 2.58 bits per heavy atom. The number of thioether (sulfide) groups is 1. The van der Waals surface area contributed by atoms with Gasteiger partial charge in [0.2, 0.25) is 0 Å². The van der Waals surface area contributed by atoms with Gasteiger partial charge in [-0.25, -0.2) is 0 Å². The van der Waals surface area contributed by atoms with Gasteiger partial charge in [0.25, 0.3) is 5.24 Å². The third-order valence-electron chi connectivity index (χ3n) is 3.83. The van der Waals surface area contributed by atoms with Gasteiger partial charge in [-0.15, -0.1) is 0 Å². The van der Waals surface area contributed by atoms with Crippen LogP contribution in [0.5, 0.6) is 5.75 Å². The zero-order valence-electron chi connectivity index (χ0n) is 12.9. The lowest BCUT2D eigenvalue weighted by atomic mass is 10.1. The maximum Gasteiger partial charge on any atom is 0.281 e. The van der Waals surface area contributed by atoms with Gasteiger partial charge in [-0.3, -0.25) is 4.79 Å². The van der Waals surface area contributed by atoms with E-state index in [9.17, 15) is 9.90 Å². The van der Waals surface area contributed by atoms with Crippen LogP contribution in [0, 0.1) is 0 Å². The van der Waals surface area contributed by atoms with Crippen LogP contribution in [0.3, 0.4) is 0 Å². The molecule has 4 nitrogen and oxygen atoms in total. The van der Waals surface area contributed by atoms with Gasteiger partial charge in [0.05, 0.1) is 11.9 Å². The molecule has 0 aliphatic carbocycles. The highest BCUT2D eigenvalue weighted by Gasteiger charge is 2.31. The van der Waals surface area contributed by atoms with Gasteiger partial charge in [-0.05, 0) is 35.7 Å². The number of carbonyl (C=O) groups excluding carboxylic acids is 1. The van der Waals surface area contributed by atoms with Crippen LogP contribution in [0.1, 0.15) is 11.1 Å². The van der Waals surface area contributed by atoms with Crippen molar-refractivity contribution in [1.82, 2.24) is 5.32 Å². The van der Waals surface area contributed by atoms with E-state index in [4.69, 9.17) is 16.3 Å². The predicted octanol–water partition coefficient (Wildman–Crippen LogP) is 3.65. The molecule has 2 aromatic rings. The average molecular weight is 364 g/mol. The Hall–Kier alpha value is -1.69. The van der Waals surface area contributed by atoms with Crippen molar-refractivity contribution >= 4 is 28.6 Å². The molecular formula is C18H18ClNO3S. The summed E-state index contributed by atoms with van der Waals surface area (Å²) in [7, 11) is 0. The maximum atomic E-state index is 11.2. The molecule has 0 aromatic heterocycles. The molecule has 2 N–H and O–H groups in total. The van der Waals surface area contributed by atoms with E-state index in [-0.39, 0.29) is 10.5 Å². The van der Waals surface area contributed by atoms with Crippen molar-refractivity contribution in [2.45, 2.75) is 24.3 Å². The molecule has 2 atom stereocenters. The Balaban J connectivity index is 1.50. The van der Waals surface area contributed by atoms with E-state index in [1.807, 2.05) is 48.5 Å². The molecule has 3 rings (SSSR count). The topological polar surface area (TPSA) is 58.6 Å². The first-order valence-corrected chi connectivity index (χ1v) is 8.98. The Bertz CT molecular complexity index is 708. The number of benzene rings is 2. The summed E-state index contributed by atoms with van der Waals surface area (Å²) in [5.41, 5.74) is 2.13. The second-order valence-electron chi connectivity index (χ2n) is 5.57. The van der Waals surface area contributed by atoms with E-state index in [0.29, 0.717) is 13.0 Å². The number of halogens is 1. The van der Waals surface area contributed by atoms with Gasteiger partial charge < -0.3 is 15.2 Å². The number of aliphatic hydroxyl groups excluding tert-OH is 1. The zero-order valence-corrected chi connectivity index (χ0v) is 14.5. The highest BCUT2D eigenvalue weighted by molar-refractivity contribution is 8.14. The fourth-order valence-electron chi connectivity index (χ4n) is 2.54. The normalized spacial score (nSPS) is 20.0. The fraction of sp³-hybridized carbons (Fsp3) is 0.278. The van der Waals surface area contributed by atoms with Crippen LogP contribution in [0.15, 0.2) is 48.5 Å². The smallest absolute Gasteiger partial charge is 0.281 e. The summed E-state index contributed by atoms with van der Waals surface area (Å²) in [5.74, 6) is 0.791. The zero-order chi connectivity index (χ0) is 16.9. The maximum absolute atomic E-state index is 11.2. The Morgan fingerprint density at radius 1 is 1.17 bits per heavy atom. The summed E-state index contributed by atoms with van der Waals surface area (Å²) >= 11 is 7.26. The number of hydrogen-bond acceptors (Lipinski definition) is 4. The van der Waals surface area contributed by atoms with Crippen molar-refractivity contribution in [1.29, 1.82) is 0 Å². The molecule has 1 amide bonds. The third kappa shape index (κ3) is 4.44. The average Bonchev–Trinajstić information content (AvgIpc) is 2.88. The lowest BCUT2D eigenvalue weighted by Gasteiger charge is -2.12. The molecule has 1 aliphatic heterocycles. The quantitative estimate of drug-likeness (QED) is 0.822. The molecule has 1 aliphatic rings. The molecule has 2 unspecified atom stereocenters. The first-order valence-electron chi connectivity index (χ1n) is 7.72.